The molecule has 2 N–H and O–H groups in total. The molecule has 0 bridgehead atoms. The van der Waals surface area contributed by atoms with Gasteiger partial charge in [-0.15, -0.1) is 0 Å². The molecule has 100 valence electrons. The van der Waals surface area contributed by atoms with Crippen LogP contribution < -0.4 is 5.73 Å². The normalized spacial score (nSPS) is 10.7. The van der Waals surface area contributed by atoms with Gasteiger partial charge >= 0.3 is 0 Å². The highest BCUT2D eigenvalue weighted by atomic mass is 35.5. The minimum absolute atomic E-state index is 0.246. The van der Waals surface area contributed by atoms with Crippen molar-refractivity contribution < 1.29 is 4.39 Å². The van der Waals surface area contributed by atoms with Crippen LogP contribution in [-0.4, -0.2) is 19.7 Å². The lowest BCUT2D eigenvalue weighted by atomic mass is 10.1. The molecule has 5 nitrogen and oxygen atoms in total. The lowest BCUT2D eigenvalue weighted by Crippen LogP contribution is -2.00. The highest BCUT2D eigenvalue weighted by Crippen LogP contribution is 2.31. The quantitative estimate of drug-likeness (QED) is 0.787. The third-order valence-electron chi connectivity index (χ3n) is 2.69. The largest absolute Gasteiger partial charge is 0.396 e. The Balaban J connectivity index is 2.10. The molecule has 2 aromatic heterocycles. The molecule has 0 saturated heterocycles. The number of rotatable bonds is 2. The van der Waals surface area contributed by atoms with Gasteiger partial charge in [-0.3, -0.25) is 0 Å². The molecule has 0 atom stereocenters. The van der Waals surface area contributed by atoms with E-state index in [9.17, 15) is 4.39 Å². The Morgan fingerprint density at radius 1 is 1.20 bits per heavy atom. The van der Waals surface area contributed by atoms with E-state index in [1.165, 1.54) is 22.9 Å². The van der Waals surface area contributed by atoms with Crippen molar-refractivity contribution in [3.8, 4) is 17.2 Å². The maximum absolute atomic E-state index is 13.1. The lowest BCUT2D eigenvalue weighted by molar-refractivity contribution is 0.628. The van der Waals surface area contributed by atoms with E-state index in [0.29, 0.717) is 22.9 Å². The molecule has 0 saturated carbocycles. The fourth-order valence-electron chi connectivity index (χ4n) is 1.79. The molecular formula is C13H9ClFN5. The van der Waals surface area contributed by atoms with E-state index in [2.05, 4.69) is 15.1 Å². The number of nitrogen functional groups attached to an aromatic ring is 1. The Morgan fingerprint density at radius 2 is 1.95 bits per heavy atom. The Kier molecular flexibility index (Phi) is 3.08. The summed E-state index contributed by atoms with van der Waals surface area (Å²) in [7, 11) is 0. The molecule has 0 aliphatic rings. The average molecular weight is 290 g/mol. The van der Waals surface area contributed by atoms with Crippen LogP contribution in [0, 0.1) is 5.82 Å². The monoisotopic (exact) mass is 289 g/mol. The van der Waals surface area contributed by atoms with Gasteiger partial charge in [0.05, 0.1) is 16.9 Å². The standard InChI is InChI=1S/C13H9ClFN5/c14-10-6-8(15)2-3-9(10)12-11(16)7-20(19-12)13-17-4-1-5-18-13/h1-7H,16H2. The number of hydrogen-bond donors (Lipinski definition) is 1. The van der Waals surface area contributed by atoms with Gasteiger partial charge in [0.2, 0.25) is 0 Å². The molecule has 0 fully saturated rings. The van der Waals surface area contributed by atoms with Crippen LogP contribution in [0.4, 0.5) is 10.1 Å². The first-order valence-electron chi connectivity index (χ1n) is 5.73. The maximum Gasteiger partial charge on any atom is 0.250 e. The zero-order chi connectivity index (χ0) is 14.1. The van der Waals surface area contributed by atoms with Gasteiger partial charge in [-0.05, 0) is 24.3 Å². The van der Waals surface area contributed by atoms with Crippen LogP contribution >= 0.6 is 11.6 Å². The minimum Gasteiger partial charge on any atom is -0.396 e. The minimum atomic E-state index is -0.414. The SMILES string of the molecule is Nc1cn(-c2ncccn2)nc1-c1ccc(F)cc1Cl. The summed E-state index contributed by atoms with van der Waals surface area (Å²) in [6, 6.07) is 5.76. The zero-order valence-corrected chi connectivity index (χ0v) is 10.9. The fraction of sp³-hybridized carbons (Fsp3) is 0. The molecule has 2 heterocycles. The smallest absolute Gasteiger partial charge is 0.250 e. The Morgan fingerprint density at radius 3 is 2.65 bits per heavy atom. The number of anilines is 1. The lowest BCUT2D eigenvalue weighted by Gasteiger charge is -2.02. The summed E-state index contributed by atoms with van der Waals surface area (Å²) in [5, 5.41) is 4.55. The van der Waals surface area contributed by atoms with Crippen LogP contribution in [0.5, 0.6) is 0 Å². The number of nitrogens with zero attached hydrogens (tertiary/aromatic N) is 4. The van der Waals surface area contributed by atoms with Gasteiger partial charge in [0, 0.05) is 18.0 Å². The molecule has 0 amide bonds. The summed E-state index contributed by atoms with van der Waals surface area (Å²) in [6.45, 7) is 0. The van der Waals surface area contributed by atoms with E-state index in [4.69, 9.17) is 17.3 Å². The van der Waals surface area contributed by atoms with Crippen molar-refractivity contribution in [1.29, 1.82) is 0 Å². The van der Waals surface area contributed by atoms with Gasteiger partial charge in [0.25, 0.3) is 5.95 Å². The summed E-state index contributed by atoms with van der Waals surface area (Å²) >= 11 is 6.02. The second kappa shape index (κ2) is 4.90. The molecule has 0 aliphatic heterocycles. The summed E-state index contributed by atoms with van der Waals surface area (Å²) in [5.41, 5.74) is 7.35. The second-order valence-electron chi connectivity index (χ2n) is 4.05. The molecule has 20 heavy (non-hydrogen) atoms. The highest BCUT2D eigenvalue weighted by molar-refractivity contribution is 6.33. The average Bonchev–Trinajstić information content (AvgIpc) is 2.82. The molecule has 3 rings (SSSR count). The highest BCUT2D eigenvalue weighted by Gasteiger charge is 2.14. The van der Waals surface area contributed by atoms with Gasteiger partial charge in [-0.2, -0.15) is 5.10 Å². The Hall–Kier alpha value is -2.47. The summed E-state index contributed by atoms with van der Waals surface area (Å²) in [4.78, 5) is 8.15. The molecule has 0 spiro atoms. The topological polar surface area (TPSA) is 69.6 Å². The molecule has 3 aromatic rings. The number of halogens is 2. The van der Waals surface area contributed by atoms with Crippen molar-refractivity contribution in [3.05, 3.63) is 53.7 Å². The van der Waals surface area contributed by atoms with Crippen LogP contribution in [0.3, 0.4) is 0 Å². The predicted molar refractivity (Wildman–Crippen MR) is 74.0 cm³/mol. The van der Waals surface area contributed by atoms with Crippen molar-refractivity contribution in [2.24, 2.45) is 0 Å². The van der Waals surface area contributed by atoms with Crippen molar-refractivity contribution in [2.75, 3.05) is 5.73 Å². The van der Waals surface area contributed by atoms with Crippen LogP contribution in [0.2, 0.25) is 5.02 Å². The van der Waals surface area contributed by atoms with E-state index < -0.39 is 5.82 Å². The van der Waals surface area contributed by atoms with E-state index in [-0.39, 0.29) is 5.02 Å². The molecule has 1 aromatic carbocycles. The molecule has 0 aliphatic carbocycles. The van der Waals surface area contributed by atoms with E-state index in [1.54, 1.807) is 24.7 Å². The molecule has 0 radical (unpaired) electrons. The zero-order valence-electron chi connectivity index (χ0n) is 10.2. The summed E-state index contributed by atoms with van der Waals surface area (Å²) in [5.74, 6) is -0.0215. The van der Waals surface area contributed by atoms with Gasteiger partial charge in [-0.25, -0.2) is 19.0 Å². The first-order chi connectivity index (χ1) is 9.65. The number of hydrogen-bond acceptors (Lipinski definition) is 4. The third kappa shape index (κ3) is 2.21. The van der Waals surface area contributed by atoms with Gasteiger partial charge < -0.3 is 5.73 Å². The van der Waals surface area contributed by atoms with Crippen LogP contribution in [0.1, 0.15) is 0 Å². The van der Waals surface area contributed by atoms with Crippen molar-refractivity contribution in [2.45, 2.75) is 0 Å². The van der Waals surface area contributed by atoms with Crippen molar-refractivity contribution in [3.63, 3.8) is 0 Å². The first kappa shape index (κ1) is 12.6. The Bertz CT molecular complexity index is 757. The van der Waals surface area contributed by atoms with Crippen LogP contribution in [-0.2, 0) is 0 Å². The van der Waals surface area contributed by atoms with Gasteiger partial charge in [-0.1, -0.05) is 11.6 Å². The second-order valence-corrected chi connectivity index (χ2v) is 4.46. The first-order valence-corrected chi connectivity index (χ1v) is 6.11. The molecule has 7 heteroatoms. The predicted octanol–water partition coefficient (Wildman–Crippen LogP) is 2.70. The van der Waals surface area contributed by atoms with Crippen molar-refractivity contribution >= 4 is 17.3 Å². The molecular weight excluding hydrogens is 281 g/mol. The van der Waals surface area contributed by atoms with E-state index in [0.717, 1.165) is 0 Å². The van der Waals surface area contributed by atoms with E-state index in [1.807, 2.05) is 0 Å². The molecule has 0 unspecified atom stereocenters. The maximum atomic E-state index is 13.1. The van der Waals surface area contributed by atoms with Gasteiger partial charge in [0.1, 0.15) is 11.5 Å². The summed E-state index contributed by atoms with van der Waals surface area (Å²) < 4.78 is 14.5. The number of nitrogens with two attached hydrogens (primary N) is 1. The number of aromatic nitrogens is 4. The summed E-state index contributed by atoms with van der Waals surface area (Å²) in [6.07, 6.45) is 4.79. The van der Waals surface area contributed by atoms with Crippen molar-refractivity contribution in [1.82, 2.24) is 19.7 Å². The van der Waals surface area contributed by atoms with Crippen LogP contribution in [0.15, 0.2) is 42.9 Å². The Labute approximate surface area is 118 Å². The van der Waals surface area contributed by atoms with Crippen LogP contribution in [0.25, 0.3) is 17.2 Å². The van der Waals surface area contributed by atoms with E-state index >= 15 is 0 Å². The van der Waals surface area contributed by atoms with Gasteiger partial charge in [0.15, 0.2) is 0 Å². The number of benzene rings is 1. The fourth-order valence-corrected chi connectivity index (χ4v) is 2.05. The third-order valence-corrected chi connectivity index (χ3v) is 3.00.